The highest BCUT2D eigenvalue weighted by Gasteiger charge is 2.35. The third kappa shape index (κ3) is 5.25. The van der Waals surface area contributed by atoms with Gasteiger partial charge in [0.15, 0.2) is 0 Å². The molecule has 0 aliphatic carbocycles. The molecule has 1 saturated heterocycles. The first-order valence-electron chi connectivity index (χ1n) is 8.90. The second-order valence-electron chi connectivity index (χ2n) is 6.09. The van der Waals surface area contributed by atoms with Crippen LogP contribution in [-0.4, -0.2) is 55.2 Å². The Morgan fingerprint density at radius 1 is 1.30 bits per heavy atom. The number of ether oxygens (including phenoxy) is 2. The number of hydrogen-bond acceptors (Lipinski definition) is 6. The number of nitrogens with one attached hydrogen (secondary N) is 3. The molecule has 1 heterocycles. The maximum atomic E-state index is 12.5. The predicted octanol–water partition coefficient (Wildman–Crippen LogP) is 1.26. The van der Waals surface area contributed by atoms with E-state index in [1.807, 2.05) is 12.1 Å². The van der Waals surface area contributed by atoms with E-state index in [9.17, 15) is 14.4 Å². The smallest absolute Gasteiger partial charge is 0.328 e. The predicted molar refractivity (Wildman–Crippen MR) is 99.1 cm³/mol. The first-order valence-corrected chi connectivity index (χ1v) is 8.90. The fourth-order valence-electron chi connectivity index (χ4n) is 2.84. The number of para-hydroxylation sites is 2. The Balaban J connectivity index is 1.93. The molecule has 0 spiro atoms. The van der Waals surface area contributed by atoms with E-state index in [1.54, 1.807) is 26.0 Å². The summed E-state index contributed by atoms with van der Waals surface area (Å²) in [5.74, 6) is -0.261. The van der Waals surface area contributed by atoms with E-state index < -0.39 is 24.1 Å². The molecule has 0 saturated carbocycles. The number of rotatable bonds is 7. The Bertz CT molecular complexity index is 681. The second kappa shape index (κ2) is 9.65. The fourth-order valence-corrected chi connectivity index (χ4v) is 2.84. The molecule has 148 valence electrons. The number of hydrogen-bond donors (Lipinski definition) is 3. The van der Waals surface area contributed by atoms with E-state index in [4.69, 9.17) is 9.47 Å². The number of anilines is 1. The Labute approximate surface area is 158 Å². The first kappa shape index (κ1) is 20.3. The molecular weight excluding hydrogens is 352 g/mol. The minimum atomic E-state index is -0.784. The van der Waals surface area contributed by atoms with E-state index in [1.165, 1.54) is 12.0 Å². The van der Waals surface area contributed by atoms with Crippen LogP contribution < -0.4 is 20.9 Å². The van der Waals surface area contributed by atoms with E-state index in [2.05, 4.69) is 16.2 Å². The van der Waals surface area contributed by atoms with Crippen LogP contribution in [0.2, 0.25) is 0 Å². The number of nitrogens with zero attached hydrogens (tertiary/aromatic N) is 1. The highest BCUT2D eigenvalue weighted by Crippen LogP contribution is 2.22. The SMILES string of the molecule is CCOC(=O)[C@H](C)NC(=O)N1CCCC1C(=O)NNc1ccccc1OC. The highest BCUT2D eigenvalue weighted by molar-refractivity contribution is 5.90. The first-order chi connectivity index (χ1) is 13.0. The van der Waals surface area contributed by atoms with Crippen molar-refractivity contribution in [1.29, 1.82) is 0 Å². The quantitative estimate of drug-likeness (QED) is 0.487. The molecule has 3 N–H and O–H groups in total. The number of methoxy groups -OCH3 is 1. The zero-order chi connectivity index (χ0) is 19.8. The Morgan fingerprint density at radius 2 is 2.04 bits per heavy atom. The van der Waals surface area contributed by atoms with Gasteiger partial charge in [0.2, 0.25) is 0 Å². The molecule has 0 bridgehead atoms. The zero-order valence-electron chi connectivity index (χ0n) is 15.8. The number of likely N-dealkylation sites (tertiary alicyclic amines) is 1. The Kier molecular flexibility index (Phi) is 7.27. The Morgan fingerprint density at radius 3 is 2.74 bits per heavy atom. The summed E-state index contributed by atoms with van der Waals surface area (Å²) in [5.41, 5.74) is 6.04. The lowest BCUT2D eigenvalue weighted by Crippen LogP contribution is -2.53. The zero-order valence-corrected chi connectivity index (χ0v) is 15.8. The van der Waals surface area contributed by atoms with Crippen LogP contribution >= 0.6 is 0 Å². The van der Waals surface area contributed by atoms with Crippen molar-refractivity contribution in [2.75, 3.05) is 25.7 Å². The molecule has 0 radical (unpaired) electrons. The minimum Gasteiger partial charge on any atom is -0.495 e. The highest BCUT2D eigenvalue weighted by atomic mass is 16.5. The molecule has 9 heteroatoms. The average Bonchev–Trinajstić information content (AvgIpc) is 3.16. The lowest BCUT2D eigenvalue weighted by atomic mass is 10.2. The van der Waals surface area contributed by atoms with Gasteiger partial charge in [0, 0.05) is 6.54 Å². The molecule has 2 atom stereocenters. The molecule has 1 unspecified atom stereocenters. The summed E-state index contributed by atoms with van der Waals surface area (Å²) < 4.78 is 10.1. The average molecular weight is 378 g/mol. The van der Waals surface area contributed by atoms with Gasteiger partial charge < -0.3 is 19.7 Å². The van der Waals surface area contributed by atoms with E-state index >= 15 is 0 Å². The number of carbonyl (C=O) groups is 3. The summed E-state index contributed by atoms with van der Waals surface area (Å²) in [7, 11) is 1.54. The number of hydrazine groups is 1. The molecule has 2 rings (SSSR count). The molecular formula is C18H26N4O5. The topological polar surface area (TPSA) is 109 Å². The summed E-state index contributed by atoms with van der Waals surface area (Å²) in [4.78, 5) is 38.1. The normalized spacial score (nSPS) is 17.0. The number of amides is 3. The van der Waals surface area contributed by atoms with Crippen molar-refractivity contribution in [2.24, 2.45) is 0 Å². The fraction of sp³-hybridized carbons (Fsp3) is 0.500. The van der Waals surface area contributed by atoms with Gasteiger partial charge in [-0.25, -0.2) is 9.59 Å². The number of esters is 1. The number of carbonyl (C=O) groups excluding carboxylic acids is 3. The van der Waals surface area contributed by atoms with Gasteiger partial charge in [-0.1, -0.05) is 12.1 Å². The monoisotopic (exact) mass is 378 g/mol. The van der Waals surface area contributed by atoms with Crippen molar-refractivity contribution >= 4 is 23.6 Å². The Hall–Kier alpha value is -2.97. The van der Waals surface area contributed by atoms with Crippen LogP contribution in [0.3, 0.4) is 0 Å². The van der Waals surface area contributed by atoms with E-state index in [0.29, 0.717) is 30.8 Å². The second-order valence-corrected chi connectivity index (χ2v) is 6.09. The largest absolute Gasteiger partial charge is 0.495 e. The van der Waals surface area contributed by atoms with Gasteiger partial charge in [0.1, 0.15) is 17.8 Å². The summed E-state index contributed by atoms with van der Waals surface area (Å²) in [5, 5.41) is 2.58. The van der Waals surface area contributed by atoms with Crippen LogP contribution in [-0.2, 0) is 14.3 Å². The summed E-state index contributed by atoms with van der Waals surface area (Å²) in [6.07, 6.45) is 1.24. The van der Waals surface area contributed by atoms with Crippen LogP contribution in [0.1, 0.15) is 26.7 Å². The van der Waals surface area contributed by atoms with E-state index in [-0.39, 0.29) is 12.5 Å². The standard InChI is InChI=1S/C18H26N4O5/c1-4-27-17(24)12(2)19-18(25)22-11-7-9-14(22)16(23)21-20-13-8-5-6-10-15(13)26-3/h5-6,8,10,12,14,20H,4,7,9,11H2,1-3H3,(H,19,25)(H,21,23)/t12-,14?/m0/s1. The van der Waals surface area contributed by atoms with Crippen LogP contribution in [0.15, 0.2) is 24.3 Å². The van der Waals surface area contributed by atoms with Crippen LogP contribution in [0.5, 0.6) is 5.75 Å². The van der Waals surface area contributed by atoms with Crippen molar-refractivity contribution < 1.29 is 23.9 Å². The van der Waals surface area contributed by atoms with Crippen molar-refractivity contribution in [3.05, 3.63) is 24.3 Å². The van der Waals surface area contributed by atoms with Gasteiger partial charge >= 0.3 is 12.0 Å². The lowest BCUT2D eigenvalue weighted by molar-refractivity contribution is -0.144. The summed E-state index contributed by atoms with van der Waals surface area (Å²) in [6, 6.07) is 5.28. The van der Waals surface area contributed by atoms with Crippen molar-refractivity contribution in [3.63, 3.8) is 0 Å². The van der Waals surface area contributed by atoms with Crippen LogP contribution in [0.25, 0.3) is 0 Å². The number of benzene rings is 1. The molecule has 1 aromatic rings. The van der Waals surface area contributed by atoms with Crippen molar-refractivity contribution in [2.45, 2.75) is 38.8 Å². The van der Waals surface area contributed by atoms with Gasteiger partial charge in [0.25, 0.3) is 5.91 Å². The molecule has 1 fully saturated rings. The molecule has 27 heavy (non-hydrogen) atoms. The molecule has 1 aliphatic heterocycles. The third-order valence-corrected chi connectivity index (χ3v) is 4.22. The maximum absolute atomic E-state index is 12.5. The van der Waals surface area contributed by atoms with Gasteiger partial charge in [-0.2, -0.15) is 0 Å². The van der Waals surface area contributed by atoms with Gasteiger partial charge in [-0.05, 0) is 38.8 Å². The van der Waals surface area contributed by atoms with Crippen molar-refractivity contribution in [3.8, 4) is 5.75 Å². The van der Waals surface area contributed by atoms with Crippen LogP contribution in [0, 0.1) is 0 Å². The lowest BCUT2D eigenvalue weighted by Gasteiger charge is -2.26. The number of urea groups is 1. The molecule has 3 amide bonds. The van der Waals surface area contributed by atoms with Gasteiger partial charge in [-0.3, -0.25) is 15.6 Å². The molecule has 1 aliphatic rings. The molecule has 9 nitrogen and oxygen atoms in total. The summed E-state index contributed by atoms with van der Waals surface area (Å²) in [6.45, 7) is 3.92. The van der Waals surface area contributed by atoms with Crippen LogP contribution in [0.4, 0.5) is 10.5 Å². The minimum absolute atomic E-state index is 0.238. The van der Waals surface area contributed by atoms with Gasteiger partial charge in [0.05, 0.1) is 19.4 Å². The van der Waals surface area contributed by atoms with E-state index in [0.717, 1.165) is 0 Å². The summed E-state index contributed by atoms with van der Waals surface area (Å²) >= 11 is 0. The third-order valence-electron chi connectivity index (χ3n) is 4.22. The van der Waals surface area contributed by atoms with Crippen molar-refractivity contribution in [1.82, 2.24) is 15.6 Å². The maximum Gasteiger partial charge on any atom is 0.328 e. The van der Waals surface area contributed by atoms with Gasteiger partial charge in [-0.15, -0.1) is 0 Å². The molecule has 0 aromatic heterocycles. The molecule has 1 aromatic carbocycles.